The average Bonchev–Trinajstić information content (AvgIpc) is 2.13. The SMILES string of the molecule is CCCNC(C)C(CCC(C)C)C(C)C. The summed E-state index contributed by atoms with van der Waals surface area (Å²) in [6.07, 6.45) is 3.97. The second-order valence-electron chi connectivity index (χ2n) is 5.62. The quantitative estimate of drug-likeness (QED) is 0.640. The van der Waals surface area contributed by atoms with Gasteiger partial charge in [0.05, 0.1) is 0 Å². The van der Waals surface area contributed by atoms with Crippen LogP contribution in [0.25, 0.3) is 0 Å². The van der Waals surface area contributed by atoms with Gasteiger partial charge in [0.2, 0.25) is 0 Å². The standard InChI is InChI=1S/C14H31N/c1-7-10-15-13(6)14(12(4)5)9-8-11(2)3/h11-15H,7-10H2,1-6H3. The lowest BCUT2D eigenvalue weighted by Gasteiger charge is -2.29. The molecule has 0 aliphatic heterocycles. The van der Waals surface area contributed by atoms with Gasteiger partial charge in [-0.15, -0.1) is 0 Å². The highest BCUT2D eigenvalue weighted by Crippen LogP contribution is 2.23. The van der Waals surface area contributed by atoms with Gasteiger partial charge in [-0.3, -0.25) is 0 Å². The van der Waals surface area contributed by atoms with E-state index in [-0.39, 0.29) is 0 Å². The summed E-state index contributed by atoms with van der Waals surface area (Å²) in [7, 11) is 0. The first-order valence-corrected chi connectivity index (χ1v) is 6.72. The molecule has 0 aromatic heterocycles. The Hall–Kier alpha value is -0.0400. The van der Waals surface area contributed by atoms with E-state index in [4.69, 9.17) is 0 Å². The molecule has 0 rings (SSSR count). The van der Waals surface area contributed by atoms with Gasteiger partial charge in [0.1, 0.15) is 0 Å². The van der Waals surface area contributed by atoms with Gasteiger partial charge in [-0.25, -0.2) is 0 Å². The zero-order chi connectivity index (χ0) is 11.8. The van der Waals surface area contributed by atoms with Crippen LogP contribution < -0.4 is 5.32 Å². The zero-order valence-corrected chi connectivity index (χ0v) is 11.6. The molecule has 0 aromatic rings. The number of hydrogen-bond donors (Lipinski definition) is 1. The zero-order valence-electron chi connectivity index (χ0n) is 11.6. The maximum absolute atomic E-state index is 3.64. The molecular formula is C14H31N. The smallest absolute Gasteiger partial charge is 0.00694 e. The normalized spacial score (nSPS) is 16.0. The van der Waals surface area contributed by atoms with Gasteiger partial charge in [0, 0.05) is 6.04 Å². The van der Waals surface area contributed by atoms with E-state index in [0.717, 1.165) is 24.3 Å². The van der Waals surface area contributed by atoms with Gasteiger partial charge < -0.3 is 5.32 Å². The predicted octanol–water partition coefficient (Wildman–Crippen LogP) is 4.08. The summed E-state index contributed by atoms with van der Waals surface area (Å²) in [6, 6.07) is 0.670. The monoisotopic (exact) mass is 213 g/mol. The second kappa shape index (κ2) is 8.15. The van der Waals surface area contributed by atoms with Crippen LogP contribution in [0.5, 0.6) is 0 Å². The van der Waals surface area contributed by atoms with E-state index < -0.39 is 0 Å². The fourth-order valence-corrected chi connectivity index (χ4v) is 2.21. The van der Waals surface area contributed by atoms with Crippen molar-refractivity contribution >= 4 is 0 Å². The fraction of sp³-hybridized carbons (Fsp3) is 1.00. The van der Waals surface area contributed by atoms with Crippen LogP contribution in [0.2, 0.25) is 0 Å². The van der Waals surface area contributed by atoms with Gasteiger partial charge in [-0.05, 0) is 44.1 Å². The summed E-state index contributed by atoms with van der Waals surface area (Å²) in [4.78, 5) is 0. The van der Waals surface area contributed by atoms with Crippen molar-refractivity contribution in [2.24, 2.45) is 17.8 Å². The molecule has 0 saturated carbocycles. The Bertz CT molecular complexity index is 140. The van der Waals surface area contributed by atoms with Crippen LogP contribution in [-0.4, -0.2) is 12.6 Å². The van der Waals surface area contributed by atoms with Crippen molar-refractivity contribution in [3.63, 3.8) is 0 Å². The summed E-state index contributed by atoms with van der Waals surface area (Å²) >= 11 is 0. The molecule has 0 bridgehead atoms. The summed E-state index contributed by atoms with van der Waals surface area (Å²) in [5.41, 5.74) is 0. The Morgan fingerprint density at radius 1 is 0.933 bits per heavy atom. The van der Waals surface area contributed by atoms with Crippen LogP contribution in [-0.2, 0) is 0 Å². The minimum Gasteiger partial charge on any atom is -0.314 e. The third-order valence-electron chi connectivity index (χ3n) is 3.29. The number of hydrogen-bond acceptors (Lipinski definition) is 1. The van der Waals surface area contributed by atoms with E-state index in [1.807, 2.05) is 0 Å². The molecule has 2 unspecified atom stereocenters. The molecule has 15 heavy (non-hydrogen) atoms. The first-order valence-electron chi connectivity index (χ1n) is 6.72. The molecule has 0 heterocycles. The first-order chi connectivity index (χ1) is 6.99. The summed E-state index contributed by atoms with van der Waals surface area (Å²) in [6.45, 7) is 15.1. The Balaban J connectivity index is 4.01. The highest BCUT2D eigenvalue weighted by Gasteiger charge is 2.20. The molecule has 2 atom stereocenters. The lowest BCUT2D eigenvalue weighted by molar-refractivity contribution is 0.258. The topological polar surface area (TPSA) is 12.0 Å². The average molecular weight is 213 g/mol. The van der Waals surface area contributed by atoms with E-state index in [0.29, 0.717) is 6.04 Å². The highest BCUT2D eigenvalue weighted by atomic mass is 14.9. The highest BCUT2D eigenvalue weighted by molar-refractivity contribution is 4.75. The lowest BCUT2D eigenvalue weighted by atomic mass is 9.83. The van der Waals surface area contributed by atoms with Gasteiger partial charge in [0.15, 0.2) is 0 Å². The molecule has 0 amide bonds. The van der Waals surface area contributed by atoms with E-state index in [1.165, 1.54) is 19.3 Å². The molecule has 1 nitrogen and oxygen atoms in total. The van der Waals surface area contributed by atoms with Crippen LogP contribution >= 0.6 is 0 Å². The molecule has 0 fully saturated rings. The molecule has 0 aromatic carbocycles. The molecule has 0 saturated heterocycles. The molecule has 92 valence electrons. The van der Waals surface area contributed by atoms with E-state index >= 15 is 0 Å². The minimum absolute atomic E-state index is 0.670. The van der Waals surface area contributed by atoms with Crippen LogP contribution in [0.3, 0.4) is 0 Å². The van der Waals surface area contributed by atoms with Gasteiger partial charge >= 0.3 is 0 Å². The Morgan fingerprint density at radius 3 is 1.93 bits per heavy atom. The molecular weight excluding hydrogens is 182 g/mol. The second-order valence-corrected chi connectivity index (χ2v) is 5.62. The molecule has 1 heteroatoms. The van der Waals surface area contributed by atoms with Crippen molar-refractivity contribution in [2.45, 2.75) is 66.8 Å². The van der Waals surface area contributed by atoms with Gasteiger partial charge in [-0.2, -0.15) is 0 Å². The van der Waals surface area contributed by atoms with Crippen LogP contribution in [0, 0.1) is 17.8 Å². The lowest BCUT2D eigenvalue weighted by Crippen LogP contribution is -2.36. The van der Waals surface area contributed by atoms with E-state index in [1.54, 1.807) is 0 Å². The Morgan fingerprint density at radius 2 is 1.53 bits per heavy atom. The van der Waals surface area contributed by atoms with E-state index in [9.17, 15) is 0 Å². The van der Waals surface area contributed by atoms with Crippen LogP contribution in [0.15, 0.2) is 0 Å². The number of rotatable bonds is 8. The summed E-state index contributed by atoms with van der Waals surface area (Å²) in [5.74, 6) is 2.46. The Kier molecular flexibility index (Phi) is 8.13. The molecule has 0 aliphatic rings. The minimum atomic E-state index is 0.670. The van der Waals surface area contributed by atoms with Gasteiger partial charge in [-0.1, -0.05) is 41.0 Å². The summed E-state index contributed by atoms with van der Waals surface area (Å²) < 4.78 is 0. The maximum Gasteiger partial charge on any atom is 0.00694 e. The molecule has 0 spiro atoms. The molecule has 0 aliphatic carbocycles. The predicted molar refractivity (Wildman–Crippen MR) is 70.2 cm³/mol. The molecule has 1 N–H and O–H groups in total. The van der Waals surface area contributed by atoms with Crippen molar-refractivity contribution in [3.05, 3.63) is 0 Å². The first kappa shape index (κ1) is 15.0. The van der Waals surface area contributed by atoms with Gasteiger partial charge in [0.25, 0.3) is 0 Å². The largest absolute Gasteiger partial charge is 0.314 e. The molecule has 0 radical (unpaired) electrons. The third-order valence-corrected chi connectivity index (χ3v) is 3.29. The Labute approximate surface area is 97.0 Å². The van der Waals surface area contributed by atoms with E-state index in [2.05, 4.69) is 46.9 Å². The third kappa shape index (κ3) is 6.94. The van der Waals surface area contributed by atoms with Crippen molar-refractivity contribution in [3.8, 4) is 0 Å². The van der Waals surface area contributed by atoms with Crippen molar-refractivity contribution < 1.29 is 0 Å². The number of nitrogens with one attached hydrogen (secondary N) is 1. The van der Waals surface area contributed by atoms with Crippen LogP contribution in [0.1, 0.15) is 60.8 Å². The fourth-order valence-electron chi connectivity index (χ4n) is 2.21. The maximum atomic E-state index is 3.64. The summed E-state index contributed by atoms with van der Waals surface area (Å²) in [5, 5.41) is 3.64. The van der Waals surface area contributed by atoms with Crippen molar-refractivity contribution in [2.75, 3.05) is 6.54 Å². The van der Waals surface area contributed by atoms with Crippen molar-refractivity contribution in [1.82, 2.24) is 5.32 Å². The van der Waals surface area contributed by atoms with Crippen LogP contribution in [0.4, 0.5) is 0 Å². The van der Waals surface area contributed by atoms with Crippen molar-refractivity contribution in [1.29, 1.82) is 0 Å².